The summed E-state index contributed by atoms with van der Waals surface area (Å²) in [5, 5.41) is 11.5. The van der Waals surface area contributed by atoms with Crippen molar-refractivity contribution in [2.45, 2.75) is 0 Å². The molecule has 10 nitrogen and oxygen atoms in total. The number of benzene rings is 2. The van der Waals surface area contributed by atoms with Crippen molar-refractivity contribution in [3.05, 3.63) is 85.8 Å². The van der Waals surface area contributed by atoms with Crippen LogP contribution in [-0.2, 0) is 0 Å². The summed E-state index contributed by atoms with van der Waals surface area (Å²) >= 11 is 0. The number of rotatable bonds is 3. The molecule has 0 aliphatic rings. The van der Waals surface area contributed by atoms with Crippen LogP contribution < -0.4 is 11.1 Å². The first-order valence-electron chi connectivity index (χ1n) is 7.57. The molecule has 0 fully saturated rings. The Morgan fingerprint density at radius 2 is 1.63 bits per heavy atom. The third-order valence-electron chi connectivity index (χ3n) is 3.94. The van der Waals surface area contributed by atoms with Gasteiger partial charge in [-0.3, -0.25) is 24.3 Å². The normalized spacial score (nSPS) is 10.5. The van der Waals surface area contributed by atoms with Crippen molar-refractivity contribution in [1.29, 1.82) is 0 Å². The minimum atomic E-state index is -0.867. The Bertz CT molecular complexity index is 1260. The maximum atomic E-state index is 11.5. The highest BCUT2D eigenvalue weighted by Gasteiger charge is 2.18. The van der Waals surface area contributed by atoms with Crippen LogP contribution in [0.4, 0.5) is 5.69 Å². The lowest BCUT2D eigenvalue weighted by Gasteiger charge is -2.06. The van der Waals surface area contributed by atoms with E-state index in [9.17, 15) is 19.7 Å². The Morgan fingerprint density at radius 3 is 2.26 bits per heavy atom. The third kappa shape index (κ3) is 3.12. The number of aromatic nitrogens is 4. The number of hydrogen-bond acceptors (Lipinski definition) is 5. The van der Waals surface area contributed by atoms with E-state index in [4.69, 9.17) is 0 Å². The van der Waals surface area contributed by atoms with Crippen LogP contribution >= 0.6 is 0 Å². The van der Waals surface area contributed by atoms with E-state index >= 15 is 0 Å². The Hall–Kier alpha value is -4.05. The van der Waals surface area contributed by atoms with Gasteiger partial charge in [-0.15, -0.1) is 0 Å². The topological polar surface area (TPSA) is 158 Å². The standard InChI is InChI=1S/C17H11N5O4.H2O/c23-16-17(24)20-12-7-15(22(25)26)14(6-11(12)19-16)21-8-13(18-9-21)10-4-2-1-3-5-10;/h1-9H,(H,19,23)(H,20,24);1H2. The fourth-order valence-electron chi connectivity index (χ4n) is 2.71. The molecule has 10 heteroatoms. The van der Waals surface area contributed by atoms with Crippen molar-refractivity contribution in [2.75, 3.05) is 0 Å². The molecule has 0 bridgehead atoms. The minimum Gasteiger partial charge on any atom is -0.412 e. The zero-order chi connectivity index (χ0) is 18.3. The number of H-pyrrole nitrogens is 2. The molecule has 0 amide bonds. The Kier molecular flexibility index (Phi) is 4.40. The second-order valence-corrected chi connectivity index (χ2v) is 5.58. The number of fused-ring (bicyclic) bond motifs is 1. The van der Waals surface area contributed by atoms with E-state index in [1.54, 1.807) is 6.20 Å². The largest absolute Gasteiger partial charge is 0.412 e. The van der Waals surface area contributed by atoms with E-state index in [0.29, 0.717) is 5.69 Å². The maximum Gasteiger partial charge on any atom is 0.314 e. The summed E-state index contributed by atoms with van der Waals surface area (Å²) in [4.78, 5) is 42.9. The number of aromatic amines is 2. The van der Waals surface area contributed by atoms with Gasteiger partial charge < -0.3 is 15.4 Å². The van der Waals surface area contributed by atoms with Gasteiger partial charge in [0.15, 0.2) is 0 Å². The van der Waals surface area contributed by atoms with E-state index in [-0.39, 0.29) is 27.9 Å². The molecular formula is C17H13N5O5. The number of nitrogens with zero attached hydrogens (tertiary/aromatic N) is 3. The summed E-state index contributed by atoms with van der Waals surface area (Å²) < 4.78 is 1.50. The molecule has 2 aromatic heterocycles. The monoisotopic (exact) mass is 367 g/mol. The van der Waals surface area contributed by atoms with Crippen LogP contribution in [0.2, 0.25) is 0 Å². The summed E-state index contributed by atoms with van der Waals surface area (Å²) in [6.45, 7) is 0. The SMILES string of the molecule is O.O=c1[nH]c2cc(-n3cnc(-c4ccccc4)c3)c([N+](=O)[O-])cc2[nH]c1=O. The zero-order valence-corrected chi connectivity index (χ0v) is 13.7. The van der Waals surface area contributed by atoms with Gasteiger partial charge in [-0.25, -0.2) is 4.98 Å². The van der Waals surface area contributed by atoms with Gasteiger partial charge in [-0.2, -0.15) is 0 Å². The van der Waals surface area contributed by atoms with E-state index < -0.39 is 16.0 Å². The fraction of sp³-hybridized carbons (Fsp3) is 0. The van der Waals surface area contributed by atoms with Gasteiger partial charge in [0.2, 0.25) is 0 Å². The van der Waals surface area contributed by atoms with Gasteiger partial charge in [-0.05, 0) is 6.07 Å². The molecule has 0 aliphatic carbocycles. The molecule has 4 N–H and O–H groups in total. The molecule has 2 heterocycles. The lowest BCUT2D eigenvalue weighted by Crippen LogP contribution is -2.29. The fourth-order valence-corrected chi connectivity index (χ4v) is 2.71. The molecule has 0 atom stereocenters. The Morgan fingerprint density at radius 1 is 1.00 bits per heavy atom. The summed E-state index contributed by atoms with van der Waals surface area (Å²) in [6.07, 6.45) is 3.12. The van der Waals surface area contributed by atoms with Crippen molar-refractivity contribution in [1.82, 2.24) is 19.5 Å². The molecule has 2 aromatic carbocycles. The minimum absolute atomic E-state index is 0. The van der Waals surface area contributed by atoms with Crippen LogP contribution in [0.15, 0.2) is 64.6 Å². The van der Waals surface area contributed by atoms with E-state index in [1.807, 2.05) is 30.3 Å². The highest BCUT2D eigenvalue weighted by Crippen LogP contribution is 2.28. The third-order valence-corrected chi connectivity index (χ3v) is 3.94. The van der Waals surface area contributed by atoms with E-state index in [0.717, 1.165) is 5.56 Å². The molecule has 136 valence electrons. The summed E-state index contributed by atoms with van der Waals surface area (Å²) in [5.74, 6) is 0. The van der Waals surface area contributed by atoms with Crippen molar-refractivity contribution in [2.24, 2.45) is 0 Å². The molecule has 4 aromatic rings. The van der Waals surface area contributed by atoms with Crippen LogP contribution in [0.3, 0.4) is 0 Å². The molecule has 0 unspecified atom stereocenters. The number of hydrogen-bond donors (Lipinski definition) is 2. The van der Waals surface area contributed by atoms with Gasteiger partial charge >= 0.3 is 11.1 Å². The average molecular weight is 367 g/mol. The Labute approximate surface area is 150 Å². The van der Waals surface area contributed by atoms with Crippen molar-refractivity contribution in [3.8, 4) is 16.9 Å². The van der Waals surface area contributed by atoms with Gasteiger partial charge in [0.05, 0.1) is 21.7 Å². The number of imidazole rings is 1. The molecule has 0 saturated carbocycles. The van der Waals surface area contributed by atoms with Crippen LogP contribution in [-0.4, -0.2) is 29.9 Å². The first-order valence-corrected chi connectivity index (χ1v) is 7.57. The smallest absolute Gasteiger partial charge is 0.314 e. The van der Waals surface area contributed by atoms with Crippen LogP contribution in [0.25, 0.3) is 28.0 Å². The maximum absolute atomic E-state index is 11.5. The number of nitro groups is 1. The highest BCUT2D eigenvalue weighted by atomic mass is 16.6. The van der Waals surface area contributed by atoms with Gasteiger partial charge in [-0.1, -0.05) is 30.3 Å². The number of nitro benzene ring substituents is 1. The molecule has 4 rings (SSSR count). The second kappa shape index (κ2) is 6.69. The molecule has 27 heavy (non-hydrogen) atoms. The van der Waals surface area contributed by atoms with Gasteiger partial charge in [0.25, 0.3) is 5.69 Å². The van der Waals surface area contributed by atoms with Crippen LogP contribution in [0.5, 0.6) is 0 Å². The molecule has 0 aliphatic heterocycles. The molecular weight excluding hydrogens is 354 g/mol. The summed E-state index contributed by atoms with van der Waals surface area (Å²) in [5.41, 5.74) is 0.277. The highest BCUT2D eigenvalue weighted by molar-refractivity contribution is 5.81. The summed E-state index contributed by atoms with van der Waals surface area (Å²) in [6, 6.07) is 12.0. The number of nitrogens with one attached hydrogen (secondary N) is 2. The molecule has 0 saturated heterocycles. The Balaban J connectivity index is 0.00000210. The molecule has 0 spiro atoms. The lowest BCUT2D eigenvalue weighted by atomic mass is 10.2. The van der Waals surface area contributed by atoms with Crippen LogP contribution in [0.1, 0.15) is 0 Å². The van der Waals surface area contributed by atoms with Gasteiger partial charge in [0.1, 0.15) is 12.0 Å². The predicted octanol–water partition coefficient (Wildman–Crippen LogP) is 1.15. The predicted molar refractivity (Wildman–Crippen MR) is 98.0 cm³/mol. The first kappa shape index (κ1) is 17.8. The average Bonchev–Trinajstić information content (AvgIpc) is 3.12. The van der Waals surface area contributed by atoms with Crippen molar-refractivity contribution >= 4 is 16.7 Å². The van der Waals surface area contributed by atoms with Gasteiger partial charge in [0, 0.05) is 17.8 Å². The van der Waals surface area contributed by atoms with Crippen molar-refractivity contribution < 1.29 is 10.4 Å². The summed E-state index contributed by atoms with van der Waals surface area (Å²) in [7, 11) is 0. The van der Waals surface area contributed by atoms with Crippen LogP contribution in [0, 0.1) is 10.1 Å². The van der Waals surface area contributed by atoms with Crippen molar-refractivity contribution in [3.63, 3.8) is 0 Å². The zero-order valence-electron chi connectivity index (χ0n) is 13.7. The first-order chi connectivity index (χ1) is 12.5. The van der Waals surface area contributed by atoms with E-state index in [1.165, 1.54) is 23.0 Å². The second-order valence-electron chi connectivity index (χ2n) is 5.58. The lowest BCUT2D eigenvalue weighted by molar-refractivity contribution is -0.384. The van der Waals surface area contributed by atoms with E-state index in [2.05, 4.69) is 15.0 Å². The molecule has 0 radical (unpaired) electrons. The quantitative estimate of drug-likeness (QED) is 0.315.